The molecule has 2 N–H and O–H groups in total. The van der Waals surface area contributed by atoms with Gasteiger partial charge in [-0.15, -0.1) is 0 Å². The van der Waals surface area contributed by atoms with Crippen molar-refractivity contribution in [1.29, 1.82) is 0 Å². The van der Waals surface area contributed by atoms with E-state index in [1.54, 1.807) is 36.3 Å². The van der Waals surface area contributed by atoms with E-state index < -0.39 is 18.1 Å². The molecule has 5 rings (SSSR count). The van der Waals surface area contributed by atoms with Gasteiger partial charge in [0.15, 0.2) is 11.5 Å². The maximum atomic E-state index is 13.2. The highest BCUT2D eigenvalue weighted by Gasteiger charge is 2.49. The first kappa shape index (κ1) is 19.9. The average Bonchev–Trinajstić information content (AvgIpc) is 3.37. The summed E-state index contributed by atoms with van der Waals surface area (Å²) in [4.78, 5) is 41.7. The molecule has 3 aliphatic rings. The monoisotopic (exact) mass is 434 g/mol. The number of urea groups is 1. The predicted octanol–water partition coefficient (Wildman–Crippen LogP) is 1.66. The van der Waals surface area contributed by atoms with E-state index in [0.29, 0.717) is 22.8 Å². The molecular weight excluding hydrogens is 412 g/mol. The fourth-order valence-corrected chi connectivity index (χ4v) is 4.16. The molecule has 0 bridgehead atoms. The maximum Gasteiger partial charge on any atom is 0.329 e. The number of likely N-dealkylation sites (N-methyl/N-ethyl adjacent to an activating group) is 1. The number of hydrogen-bond acceptors (Lipinski definition) is 6. The third kappa shape index (κ3) is 3.31. The second kappa shape index (κ2) is 7.60. The molecule has 2 aromatic carbocycles. The van der Waals surface area contributed by atoms with Crippen LogP contribution in [0.25, 0.3) is 0 Å². The Bertz CT molecular complexity index is 1140. The van der Waals surface area contributed by atoms with Crippen molar-refractivity contribution in [2.24, 2.45) is 0 Å². The van der Waals surface area contributed by atoms with Crippen LogP contribution in [0.3, 0.4) is 0 Å². The van der Waals surface area contributed by atoms with Gasteiger partial charge in [0, 0.05) is 19.8 Å². The molecule has 0 aliphatic carbocycles. The van der Waals surface area contributed by atoms with Gasteiger partial charge in [-0.25, -0.2) is 9.69 Å². The van der Waals surface area contributed by atoms with Gasteiger partial charge in [0.1, 0.15) is 6.04 Å². The standard InChI is InChI=1S/C23H22N4O5/c1-13-3-6-15(7-4-13)27-22(29)20-19(25-23(27)30)16(11-26(20)2)21(28)24-10-14-5-8-17-18(9-14)32-12-31-17/h3-9,11,19-20H,10,12H2,1-2H3,(H,24,28)(H,25,30). The third-order valence-electron chi connectivity index (χ3n) is 5.83. The van der Waals surface area contributed by atoms with Crippen molar-refractivity contribution in [1.82, 2.24) is 15.5 Å². The van der Waals surface area contributed by atoms with E-state index in [9.17, 15) is 14.4 Å². The molecule has 9 heteroatoms. The first-order valence-electron chi connectivity index (χ1n) is 10.2. The minimum Gasteiger partial charge on any atom is -0.454 e. The van der Waals surface area contributed by atoms with Gasteiger partial charge in [-0.05, 0) is 36.8 Å². The van der Waals surface area contributed by atoms with Crippen molar-refractivity contribution in [3.05, 3.63) is 65.4 Å². The summed E-state index contributed by atoms with van der Waals surface area (Å²) in [5.74, 6) is 0.585. The molecule has 0 spiro atoms. The third-order valence-corrected chi connectivity index (χ3v) is 5.83. The van der Waals surface area contributed by atoms with Crippen LogP contribution >= 0.6 is 0 Å². The van der Waals surface area contributed by atoms with Crippen molar-refractivity contribution in [3.63, 3.8) is 0 Å². The molecule has 2 unspecified atom stereocenters. The van der Waals surface area contributed by atoms with Crippen LogP contribution in [0.15, 0.2) is 54.2 Å². The average molecular weight is 434 g/mol. The highest BCUT2D eigenvalue weighted by atomic mass is 16.7. The molecular formula is C23H22N4O5. The van der Waals surface area contributed by atoms with E-state index in [-0.39, 0.29) is 25.2 Å². The molecule has 1 fully saturated rings. The first-order chi connectivity index (χ1) is 15.4. The molecule has 2 aromatic rings. The summed E-state index contributed by atoms with van der Waals surface area (Å²) in [5, 5.41) is 5.68. The lowest BCUT2D eigenvalue weighted by molar-refractivity contribution is -0.122. The van der Waals surface area contributed by atoms with Crippen LogP contribution in [-0.4, -0.2) is 48.7 Å². The Morgan fingerprint density at radius 2 is 1.88 bits per heavy atom. The number of nitrogens with zero attached hydrogens (tertiary/aromatic N) is 2. The minimum absolute atomic E-state index is 0.181. The van der Waals surface area contributed by atoms with Gasteiger partial charge in [0.2, 0.25) is 6.79 Å². The quantitative estimate of drug-likeness (QED) is 0.759. The van der Waals surface area contributed by atoms with E-state index in [2.05, 4.69) is 10.6 Å². The van der Waals surface area contributed by atoms with Gasteiger partial charge in [-0.1, -0.05) is 23.8 Å². The summed E-state index contributed by atoms with van der Waals surface area (Å²) in [7, 11) is 1.72. The summed E-state index contributed by atoms with van der Waals surface area (Å²) in [6, 6.07) is 10.6. The number of imide groups is 1. The fraction of sp³-hybridized carbons (Fsp3) is 0.261. The van der Waals surface area contributed by atoms with E-state index in [1.807, 2.05) is 31.2 Å². The number of amides is 4. The van der Waals surface area contributed by atoms with Gasteiger partial charge in [-0.3, -0.25) is 9.59 Å². The molecule has 32 heavy (non-hydrogen) atoms. The van der Waals surface area contributed by atoms with E-state index in [4.69, 9.17) is 9.47 Å². The Morgan fingerprint density at radius 1 is 1.12 bits per heavy atom. The van der Waals surface area contributed by atoms with Gasteiger partial charge in [-0.2, -0.15) is 0 Å². The first-order valence-corrected chi connectivity index (χ1v) is 10.2. The zero-order chi connectivity index (χ0) is 22.4. The number of hydrogen-bond donors (Lipinski definition) is 2. The number of carbonyl (C=O) groups excluding carboxylic acids is 3. The Morgan fingerprint density at radius 3 is 2.66 bits per heavy atom. The highest BCUT2D eigenvalue weighted by molar-refractivity contribution is 6.19. The van der Waals surface area contributed by atoms with Crippen LogP contribution in [0, 0.1) is 6.92 Å². The lowest BCUT2D eigenvalue weighted by Crippen LogP contribution is -2.65. The molecule has 1 saturated heterocycles. The molecule has 3 heterocycles. The van der Waals surface area contributed by atoms with Crippen LogP contribution in [0.2, 0.25) is 0 Å². The largest absolute Gasteiger partial charge is 0.454 e. The van der Waals surface area contributed by atoms with Crippen LogP contribution in [0.5, 0.6) is 11.5 Å². The zero-order valence-electron chi connectivity index (χ0n) is 17.6. The van der Waals surface area contributed by atoms with Gasteiger partial charge in [0.05, 0.1) is 17.3 Å². The smallest absolute Gasteiger partial charge is 0.329 e. The topological polar surface area (TPSA) is 100 Å². The number of nitrogens with one attached hydrogen (secondary N) is 2. The van der Waals surface area contributed by atoms with Gasteiger partial charge < -0.3 is 25.0 Å². The van der Waals surface area contributed by atoms with Gasteiger partial charge >= 0.3 is 6.03 Å². The lowest BCUT2D eigenvalue weighted by atomic mass is 9.99. The second-order valence-electron chi connectivity index (χ2n) is 8.00. The Hall–Kier alpha value is -4.01. The molecule has 2 atom stereocenters. The Kier molecular flexibility index (Phi) is 4.73. The molecule has 164 valence electrons. The van der Waals surface area contributed by atoms with Crippen molar-refractivity contribution in [3.8, 4) is 11.5 Å². The summed E-state index contributed by atoms with van der Waals surface area (Å²) < 4.78 is 10.7. The van der Waals surface area contributed by atoms with E-state index >= 15 is 0 Å². The van der Waals surface area contributed by atoms with E-state index in [0.717, 1.165) is 16.0 Å². The zero-order valence-corrected chi connectivity index (χ0v) is 17.6. The predicted molar refractivity (Wildman–Crippen MR) is 115 cm³/mol. The number of fused-ring (bicyclic) bond motifs is 2. The SMILES string of the molecule is Cc1ccc(N2C(=O)NC3C(C(=O)NCc4ccc5c(c4)OCO5)=CN(C)C3C2=O)cc1. The van der Waals surface area contributed by atoms with Crippen LogP contribution in [0.1, 0.15) is 11.1 Å². The Labute approximate surface area is 184 Å². The number of anilines is 1. The summed E-state index contributed by atoms with van der Waals surface area (Å²) in [5.41, 5.74) is 2.70. The molecule has 9 nitrogen and oxygen atoms in total. The number of carbonyl (C=O) groups is 3. The van der Waals surface area contributed by atoms with Crippen molar-refractivity contribution in [2.45, 2.75) is 25.6 Å². The van der Waals surface area contributed by atoms with Crippen molar-refractivity contribution in [2.75, 3.05) is 18.7 Å². The molecule has 0 radical (unpaired) electrons. The van der Waals surface area contributed by atoms with Crippen molar-refractivity contribution < 1.29 is 23.9 Å². The fourth-order valence-electron chi connectivity index (χ4n) is 4.16. The molecule has 0 saturated carbocycles. The highest BCUT2D eigenvalue weighted by Crippen LogP contribution is 2.33. The summed E-state index contributed by atoms with van der Waals surface area (Å²) in [6.07, 6.45) is 1.61. The number of benzene rings is 2. The minimum atomic E-state index is -0.724. The normalized spacial score (nSPS) is 21.2. The van der Waals surface area contributed by atoms with Crippen LogP contribution in [-0.2, 0) is 16.1 Å². The van der Waals surface area contributed by atoms with E-state index in [1.165, 1.54) is 0 Å². The van der Waals surface area contributed by atoms with Gasteiger partial charge in [0.25, 0.3) is 11.8 Å². The number of ether oxygens (including phenoxy) is 2. The lowest BCUT2D eigenvalue weighted by Gasteiger charge is -2.37. The molecule has 3 aliphatic heterocycles. The molecule has 0 aromatic heterocycles. The van der Waals surface area contributed by atoms with Crippen LogP contribution < -0.4 is 25.0 Å². The summed E-state index contributed by atoms with van der Waals surface area (Å²) >= 11 is 0. The maximum absolute atomic E-state index is 13.2. The number of aryl methyl sites for hydroxylation is 1. The number of rotatable bonds is 4. The Balaban J connectivity index is 1.30. The summed E-state index contributed by atoms with van der Waals surface area (Å²) in [6.45, 7) is 2.38. The molecule has 4 amide bonds. The van der Waals surface area contributed by atoms with Crippen LogP contribution in [0.4, 0.5) is 10.5 Å². The second-order valence-corrected chi connectivity index (χ2v) is 8.00. The van der Waals surface area contributed by atoms with Crippen molar-refractivity contribution >= 4 is 23.5 Å².